The van der Waals surface area contributed by atoms with Crippen molar-refractivity contribution in [2.75, 3.05) is 19.8 Å². The molecule has 0 unspecified atom stereocenters. The number of phenols is 1. The van der Waals surface area contributed by atoms with Crippen LogP contribution in [0.3, 0.4) is 0 Å². The summed E-state index contributed by atoms with van der Waals surface area (Å²) in [4.78, 5) is 28.1. The van der Waals surface area contributed by atoms with Crippen molar-refractivity contribution in [1.82, 2.24) is 4.90 Å². The van der Waals surface area contributed by atoms with Gasteiger partial charge in [0.1, 0.15) is 18.1 Å². The van der Waals surface area contributed by atoms with E-state index in [0.717, 1.165) is 47.3 Å². The van der Waals surface area contributed by atoms with Crippen molar-refractivity contribution in [2.45, 2.75) is 59.5 Å². The van der Waals surface area contributed by atoms with Crippen molar-refractivity contribution >= 4 is 17.9 Å². The van der Waals surface area contributed by atoms with Crippen LogP contribution in [0.25, 0.3) is 6.08 Å². The summed E-state index contributed by atoms with van der Waals surface area (Å²) in [6, 6.07) is 13.7. The molecule has 1 N–H and O–H groups in total. The van der Waals surface area contributed by atoms with Crippen LogP contribution in [0.2, 0.25) is 0 Å². The number of phenolic OH excluding ortho intramolecular Hbond substituents is 1. The third-order valence-electron chi connectivity index (χ3n) is 8.43. The molecule has 0 bridgehead atoms. The molecular formula is C33H39NO5. The van der Waals surface area contributed by atoms with Crippen molar-refractivity contribution in [3.63, 3.8) is 0 Å². The molecule has 2 amide bonds. The van der Waals surface area contributed by atoms with Gasteiger partial charge in [0.05, 0.1) is 24.5 Å². The summed E-state index contributed by atoms with van der Waals surface area (Å²) in [5, 5.41) is 10.1. The minimum Gasteiger partial charge on any atom is -0.507 e. The van der Waals surface area contributed by atoms with Gasteiger partial charge in [-0.15, -0.1) is 0 Å². The second-order valence-electron chi connectivity index (χ2n) is 11.3. The molecule has 2 heterocycles. The van der Waals surface area contributed by atoms with E-state index in [1.165, 1.54) is 16.0 Å². The van der Waals surface area contributed by atoms with E-state index in [4.69, 9.17) is 9.47 Å². The van der Waals surface area contributed by atoms with Crippen LogP contribution in [0, 0.1) is 31.6 Å². The number of allylic oxidation sites excluding steroid dienone is 1. The highest BCUT2D eigenvalue weighted by atomic mass is 16.5. The molecule has 4 atom stereocenters. The van der Waals surface area contributed by atoms with Gasteiger partial charge in [0.25, 0.3) is 0 Å². The van der Waals surface area contributed by atoms with E-state index in [0.29, 0.717) is 31.9 Å². The molecule has 2 saturated heterocycles. The summed E-state index contributed by atoms with van der Waals surface area (Å²) in [5.41, 5.74) is 6.33. The molecule has 1 aliphatic carbocycles. The molecule has 2 aromatic rings. The lowest BCUT2D eigenvalue weighted by Gasteiger charge is -2.31. The normalized spacial score (nSPS) is 24.8. The Kier molecular flexibility index (Phi) is 7.94. The SMILES string of the molecule is CCCN1C(=O)[C@@H]2[C@@H](CC(COc3ccccc3)=C3[C@@H](CC/C(C)=C/c4cc(C)c(O)c(C)c4)OC[C@@H]32)C1=O. The summed E-state index contributed by atoms with van der Waals surface area (Å²) in [5.74, 6) is 0.342. The fourth-order valence-corrected chi connectivity index (χ4v) is 6.59. The molecule has 206 valence electrons. The molecule has 6 nitrogen and oxygen atoms in total. The van der Waals surface area contributed by atoms with E-state index >= 15 is 0 Å². The Labute approximate surface area is 231 Å². The predicted molar refractivity (Wildman–Crippen MR) is 151 cm³/mol. The van der Waals surface area contributed by atoms with Crippen LogP contribution in [0.5, 0.6) is 11.5 Å². The number of amides is 2. The van der Waals surface area contributed by atoms with Gasteiger partial charge in [0.2, 0.25) is 11.8 Å². The Hall–Kier alpha value is -3.38. The molecular weight excluding hydrogens is 490 g/mol. The summed E-state index contributed by atoms with van der Waals surface area (Å²) in [6.07, 6.45) is 5.02. The average Bonchev–Trinajstić information content (AvgIpc) is 3.45. The number of aromatic hydroxyl groups is 1. The van der Waals surface area contributed by atoms with Gasteiger partial charge in [-0.3, -0.25) is 14.5 Å². The van der Waals surface area contributed by atoms with Crippen LogP contribution >= 0.6 is 0 Å². The topological polar surface area (TPSA) is 76.1 Å². The molecule has 2 fully saturated rings. The molecule has 6 heteroatoms. The molecule has 39 heavy (non-hydrogen) atoms. The Balaban J connectivity index is 1.38. The number of ether oxygens (including phenoxy) is 2. The van der Waals surface area contributed by atoms with Gasteiger partial charge in [-0.05, 0) is 98.6 Å². The molecule has 0 spiro atoms. The highest BCUT2D eigenvalue weighted by Crippen LogP contribution is 2.50. The second kappa shape index (κ2) is 11.4. The number of hydrogen-bond donors (Lipinski definition) is 1. The van der Waals surface area contributed by atoms with Gasteiger partial charge in [0, 0.05) is 12.5 Å². The maximum atomic E-state index is 13.4. The quantitative estimate of drug-likeness (QED) is 0.319. The van der Waals surface area contributed by atoms with Gasteiger partial charge in [-0.1, -0.05) is 36.8 Å². The fraction of sp³-hybridized carbons (Fsp3) is 0.455. The van der Waals surface area contributed by atoms with Crippen molar-refractivity contribution < 1.29 is 24.2 Å². The predicted octanol–water partition coefficient (Wildman–Crippen LogP) is 6.00. The number of likely N-dealkylation sites (tertiary alicyclic amines) is 1. The van der Waals surface area contributed by atoms with E-state index in [9.17, 15) is 14.7 Å². The summed E-state index contributed by atoms with van der Waals surface area (Å²) < 4.78 is 12.5. The zero-order valence-corrected chi connectivity index (χ0v) is 23.4. The summed E-state index contributed by atoms with van der Waals surface area (Å²) >= 11 is 0. The highest BCUT2D eigenvalue weighted by Gasteiger charge is 2.56. The van der Waals surface area contributed by atoms with Crippen LogP contribution in [-0.4, -0.2) is 47.7 Å². The van der Waals surface area contributed by atoms with Crippen molar-refractivity contribution in [2.24, 2.45) is 17.8 Å². The zero-order valence-electron chi connectivity index (χ0n) is 23.4. The highest BCUT2D eigenvalue weighted by molar-refractivity contribution is 6.06. The summed E-state index contributed by atoms with van der Waals surface area (Å²) in [6.45, 7) is 9.30. The van der Waals surface area contributed by atoms with Gasteiger partial charge in [-0.25, -0.2) is 0 Å². The Morgan fingerprint density at radius 2 is 1.82 bits per heavy atom. The number of nitrogens with zero attached hydrogens (tertiary/aromatic N) is 1. The lowest BCUT2D eigenvalue weighted by Crippen LogP contribution is -2.35. The van der Waals surface area contributed by atoms with E-state index in [1.807, 2.05) is 63.2 Å². The molecule has 2 aliphatic heterocycles. The molecule has 0 saturated carbocycles. The van der Waals surface area contributed by atoms with Gasteiger partial charge >= 0.3 is 0 Å². The van der Waals surface area contributed by atoms with Crippen LogP contribution in [0.4, 0.5) is 0 Å². The minimum atomic E-state index is -0.330. The first-order valence-electron chi connectivity index (χ1n) is 14.1. The van der Waals surface area contributed by atoms with Crippen LogP contribution in [-0.2, 0) is 14.3 Å². The standard InChI is InChI=1S/C33H39NO5/c1-5-13-34-32(36)26-17-24(18-38-25-9-7-6-8-10-25)29-27(30(26)33(34)37)19-39-28(29)12-11-20(2)14-23-15-21(3)31(35)22(4)16-23/h6-10,14-16,26-28,30,35H,5,11-13,17-19H2,1-4H3/b20-14+/t26-,27+,28-,30-/m1/s1. The number of carbonyl (C=O) groups excluding carboxylic acids is 2. The zero-order chi connectivity index (χ0) is 27.7. The fourth-order valence-electron chi connectivity index (χ4n) is 6.59. The molecule has 3 aliphatic rings. The van der Waals surface area contributed by atoms with Crippen LogP contribution in [0.15, 0.2) is 59.2 Å². The molecule has 0 aromatic heterocycles. The maximum absolute atomic E-state index is 13.4. The van der Waals surface area contributed by atoms with E-state index < -0.39 is 0 Å². The smallest absolute Gasteiger partial charge is 0.233 e. The monoisotopic (exact) mass is 529 g/mol. The first kappa shape index (κ1) is 27.2. The van der Waals surface area contributed by atoms with E-state index in [-0.39, 0.29) is 35.7 Å². The van der Waals surface area contributed by atoms with Crippen molar-refractivity contribution in [3.8, 4) is 11.5 Å². The minimum absolute atomic E-state index is 0.0317. The van der Waals surface area contributed by atoms with Gasteiger partial charge in [0.15, 0.2) is 0 Å². The number of aryl methyl sites for hydroxylation is 2. The Morgan fingerprint density at radius 1 is 1.10 bits per heavy atom. The number of carbonyl (C=O) groups is 2. The number of benzene rings is 2. The molecule has 5 rings (SSSR count). The summed E-state index contributed by atoms with van der Waals surface area (Å²) in [7, 11) is 0. The van der Waals surface area contributed by atoms with E-state index in [1.54, 1.807) is 0 Å². The van der Waals surface area contributed by atoms with Crippen LogP contribution < -0.4 is 4.74 Å². The molecule has 0 radical (unpaired) electrons. The number of rotatable bonds is 9. The van der Waals surface area contributed by atoms with Crippen molar-refractivity contribution in [1.29, 1.82) is 0 Å². The number of para-hydroxylation sites is 1. The van der Waals surface area contributed by atoms with Gasteiger partial charge in [-0.2, -0.15) is 0 Å². The van der Waals surface area contributed by atoms with Crippen LogP contribution in [0.1, 0.15) is 56.2 Å². The van der Waals surface area contributed by atoms with E-state index in [2.05, 4.69) is 13.0 Å². The average molecular weight is 530 g/mol. The van der Waals surface area contributed by atoms with Crippen molar-refractivity contribution in [3.05, 3.63) is 75.9 Å². The maximum Gasteiger partial charge on any atom is 0.233 e. The lowest BCUT2D eigenvalue weighted by atomic mass is 9.69. The first-order valence-corrected chi connectivity index (χ1v) is 14.1. The largest absolute Gasteiger partial charge is 0.507 e. The Morgan fingerprint density at radius 3 is 2.51 bits per heavy atom. The second-order valence-corrected chi connectivity index (χ2v) is 11.3. The number of fused-ring (bicyclic) bond motifs is 3. The third-order valence-corrected chi connectivity index (χ3v) is 8.43. The first-order chi connectivity index (χ1) is 18.8. The third kappa shape index (κ3) is 5.40. The Bertz CT molecular complexity index is 1290. The lowest BCUT2D eigenvalue weighted by molar-refractivity contribution is -0.140. The number of imide groups is 1. The number of hydrogen-bond acceptors (Lipinski definition) is 5. The van der Waals surface area contributed by atoms with Gasteiger partial charge < -0.3 is 14.6 Å². The molecule has 2 aromatic carbocycles.